The van der Waals surface area contributed by atoms with Gasteiger partial charge in [0.2, 0.25) is 0 Å². The van der Waals surface area contributed by atoms with Crippen LogP contribution in [0.3, 0.4) is 0 Å². The molecule has 5 heteroatoms. The van der Waals surface area contributed by atoms with Gasteiger partial charge in [-0.15, -0.1) is 0 Å². The summed E-state index contributed by atoms with van der Waals surface area (Å²) in [5.74, 6) is -0.878. The molecule has 0 unspecified atom stereocenters. The highest BCUT2D eigenvalue weighted by Crippen LogP contribution is 1.97. The van der Waals surface area contributed by atoms with Crippen molar-refractivity contribution in [1.29, 1.82) is 0 Å². The smallest absolute Gasteiger partial charge is 0.326 e. The lowest BCUT2D eigenvalue weighted by molar-refractivity contribution is -0.143. The summed E-state index contributed by atoms with van der Waals surface area (Å²) in [4.78, 5) is 22.2. The van der Waals surface area contributed by atoms with E-state index in [9.17, 15) is 9.59 Å². The van der Waals surface area contributed by atoms with Crippen molar-refractivity contribution in [3.8, 4) is 5.75 Å². The second-order valence-electron chi connectivity index (χ2n) is 2.63. The highest BCUT2D eigenvalue weighted by Gasteiger charge is 2.06. The first-order chi connectivity index (χ1) is 6.65. The first kappa shape index (κ1) is 10.3. The molecule has 0 aromatic carbocycles. The molecule has 0 radical (unpaired) electrons. The molecule has 1 heterocycles. The summed E-state index contributed by atoms with van der Waals surface area (Å²) in [7, 11) is 0. The van der Waals surface area contributed by atoms with Crippen LogP contribution in [0, 0.1) is 0 Å². The number of aromatic nitrogens is 1. The quantitative estimate of drug-likeness (QED) is 0.698. The Hall–Kier alpha value is -1.78. The van der Waals surface area contributed by atoms with Crippen molar-refractivity contribution in [1.82, 2.24) is 4.57 Å². The number of hydrogen-bond acceptors (Lipinski definition) is 4. The van der Waals surface area contributed by atoms with Crippen molar-refractivity contribution in [2.24, 2.45) is 0 Å². The number of pyridine rings is 1. The fourth-order valence-corrected chi connectivity index (χ4v) is 0.994. The van der Waals surface area contributed by atoms with Crippen molar-refractivity contribution in [2.45, 2.75) is 13.5 Å². The van der Waals surface area contributed by atoms with Crippen molar-refractivity contribution >= 4 is 5.97 Å². The van der Waals surface area contributed by atoms with Crippen molar-refractivity contribution < 1.29 is 14.6 Å². The summed E-state index contributed by atoms with van der Waals surface area (Å²) >= 11 is 0. The standard InChI is InChI=1S/C9H11NO4/c1-2-14-8(12)6-10-5-3-4-7(11)9(10)13/h3-5,11H,2,6H2,1H3. The summed E-state index contributed by atoms with van der Waals surface area (Å²) in [6, 6.07) is 2.75. The van der Waals surface area contributed by atoms with Gasteiger partial charge in [-0.05, 0) is 19.1 Å². The van der Waals surface area contributed by atoms with E-state index >= 15 is 0 Å². The summed E-state index contributed by atoms with van der Waals surface area (Å²) in [6.45, 7) is 1.77. The fraction of sp³-hybridized carbons (Fsp3) is 0.333. The lowest BCUT2D eigenvalue weighted by Crippen LogP contribution is -2.24. The lowest BCUT2D eigenvalue weighted by atomic mass is 10.4. The Kier molecular flexibility index (Phi) is 3.28. The Morgan fingerprint density at radius 3 is 3.00 bits per heavy atom. The zero-order chi connectivity index (χ0) is 10.6. The number of carbonyl (C=O) groups is 1. The van der Waals surface area contributed by atoms with E-state index in [0.717, 1.165) is 4.57 Å². The molecule has 1 rings (SSSR count). The average Bonchev–Trinajstić information content (AvgIpc) is 2.13. The monoisotopic (exact) mass is 197 g/mol. The van der Waals surface area contributed by atoms with Gasteiger partial charge in [0.1, 0.15) is 6.54 Å². The molecular weight excluding hydrogens is 186 g/mol. The maximum Gasteiger partial charge on any atom is 0.326 e. The summed E-state index contributed by atoms with van der Waals surface area (Å²) < 4.78 is 5.75. The number of ether oxygens (including phenoxy) is 1. The molecule has 0 amide bonds. The van der Waals surface area contributed by atoms with Crippen LogP contribution in [-0.2, 0) is 16.1 Å². The van der Waals surface area contributed by atoms with Gasteiger partial charge in [0.15, 0.2) is 5.75 Å². The minimum absolute atomic E-state index is 0.179. The van der Waals surface area contributed by atoms with Gasteiger partial charge in [-0.25, -0.2) is 0 Å². The van der Waals surface area contributed by atoms with E-state index in [1.807, 2.05) is 0 Å². The minimum Gasteiger partial charge on any atom is -0.503 e. The van der Waals surface area contributed by atoms with Crippen molar-refractivity contribution in [2.75, 3.05) is 6.61 Å². The molecule has 0 bridgehead atoms. The van der Waals surface area contributed by atoms with Crippen LogP contribution in [0.5, 0.6) is 5.75 Å². The van der Waals surface area contributed by atoms with Gasteiger partial charge in [0, 0.05) is 6.20 Å². The van der Waals surface area contributed by atoms with Crippen LogP contribution in [0.15, 0.2) is 23.1 Å². The van der Waals surface area contributed by atoms with Crippen LogP contribution >= 0.6 is 0 Å². The Morgan fingerprint density at radius 1 is 1.64 bits per heavy atom. The number of aromatic hydroxyl groups is 1. The SMILES string of the molecule is CCOC(=O)Cn1cccc(O)c1=O. The summed E-state index contributed by atoms with van der Waals surface area (Å²) in [6.07, 6.45) is 1.42. The van der Waals surface area contributed by atoms with Crippen molar-refractivity contribution in [3.05, 3.63) is 28.7 Å². The largest absolute Gasteiger partial charge is 0.503 e. The number of esters is 1. The second-order valence-corrected chi connectivity index (χ2v) is 2.63. The molecule has 1 N–H and O–H groups in total. The third-order valence-corrected chi connectivity index (χ3v) is 1.60. The van der Waals surface area contributed by atoms with Crippen LogP contribution < -0.4 is 5.56 Å². The van der Waals surface area contributed by atoms with Crippen LogP contribution in [-0.4, -0.2) is 22.2 Å². The number of carbonyl (C=O) groups excluding carboxylic acids is 1. The van der Waals surface area contributed by atoms with Crippen LogP contribution in [0.25, 0.3) is 0 Å². The molecule has 14 heavy (non-hydrogen) atoms. The van der Waals surface area contributed by atoms with Gasteiger partial charge in [-0.1, -0.05) is 0 Å². The van der Waals surface area contributed by atoms with Gasteiger partial charge in [0.05, 0.1) is 6.61 Å². The topological polar surface area (TPSA) is 68.5 Å². The highest BCUT2D eigenvalue weighted by atomic mass is 16.5. The third-order valence-electron chi connectivity index (χ3n) is 1.60. The molecule has 1 aromatic heterocycles. The zero-order valence-corrected chi connectivity index (χ0v) is 7.77. The van der Waals surface area contributed by atoms with Crippen molar-refractivity contribution in [3.63, 3.8) is 0 Å². The van der Waals surface area contributed by atoms with Crippen LogP contribution in [0.2, 0.25) is 0 Å². The second kappa shape index (κ2) is 4.45. The number of nitrogens with zero attached hydrogens (tertiary/aromatic N) is 1. The first-order valence-corrected chi connectivity index (χ1v) is 4.19. The summed E-state index contributed by atoms with van der Waals surface area (Å²) in [5, 5.41) is 9.06. The van der Waals surface area contributed by atoms with E-state index in [4.69, 9.17) is 5.11 Å². The van der Waals surface area contributed by atoms with Crippen LogP contribution in [0.1, 0.15) is 6.92 Å². The maximum atomic E-state index is 11.2. The molecule has 0 saturated heterocycles. The molecule has 0 aliphatic heterocycles. The molecule has 76 valence electrons. The Labute approximate surface area is 80.6 Å². The predicted molar refractivity (Wildman–Crippen MR) is 49.0 cm³/mol. The summed E-state index contributed by atoms with van der Waals surface area (Å²) in [5.41, 5.74) is -0.597. The Bertz CT molecular complexity index is 383. The predicted octanol–water partition coefficient (Wildman–Crippen LogP) is 0.117. The first-order valence-electron chi connectivity index (χ1n) is 4.19. The van der Waals surface area contributed by atoms with Gasteiger partial charge < -0.3 is 14.4 Å². The average molecular weight is 197 g/mol. The minimum atomic E-state index is -0.597. The normalized spacial score (nSPS) is 9.79. The highest BCUT2D eigenvalue weighted by molar-refractivity contribution is 5.69. The van der Waals surface area contributed by atoms with Gasteiger partial charge >= 0.3 is 5.97 Å². The lowest BCUT2D eigenvalue weighted by Gasteiger charge is -2.04. The molecule has 0 spiro atoms. The maximum absolute atomic E-state index is 11.2. The fourth-order valence-electron chi connectivity index (χ4n) is 0.994. The Morgan fingerprint density at radius 2 is 2.36 bits per heavy atom. The van der Waals surface area contributed by atoms with Gasteiger partial charge in [-0.2, -0.15) is 0 Å². The molecule has 0 fully saturated rings. The molecular formula is C9H11NO4. The molecule has 0 aliphatic carbocycles. The number of hydrogen-bond donors (Lipinski definition) is 1. The molecule has 1 aromatic rings. The molecule has 0 atom stereocenters. The van der Waals surface area contributed by atoms with Gasteiger partial charge in [0.25, 0.3) is 5.56 Å². The molecule has 0 saturated carbocycles. The number of rotatable bonds is 3. The zero-order valence-electron chi connectivity index (χ0n) is 7.77. The Balaban J connectivity index is 2.82. The molecule has 0 aliphatic rings. The van der Waals surface area contributed by atoms with Gasteiger partial charge in [-0.3, -0.25) is 9.59 Å². The van der Waals surface area contributed by atoms with E-state index in [1.54, 1.807) is 6.92 Å². The third kappa shape index (κ3) is 2.35. The molecule has 5 nitrogen and oxygen atoms in total. The van der Waals surface area contributed by atoms with Crippen LogP contribution in [0.4, 0.5) is 0 Å². The van der Waals surface area contributed by atoms with E-state index in [1.165, 1.54) is 18.3 Å². The van der Waals surface area contributed by atoms with E-state index < -0.39 is 11.5 Å². The van der Waals surface area contributed by atoms with E-state index in [2.05, 4.69) is 4.74 Å². The van der Waals surface area contributed by atoms with E-state index in [0.29, 0.717) is 0 Å². The van der Waals surface area contributed by atoms with E-state index in [-0.39, 0.29) is 18.9 Å².